The van der Waals surface area contributed by atoms with Crippen LogP contribution >= 0.6 is 0 Å². The molecule has 2 fully saturated rings. The first kappa shape index (κ1) is 17.9. The fourth-order valence-electron chi connectivity index (χ4n) is 4.41. The van der Waals surface area contributed by atoms with Crippen LogP contribution < -0.4 is 4.90 Å². The van der Waals surface area contributed by atoms with E-state index in [-0.39, 0.29) is 42.0 Å². The number of carbonyl (C=O) groups excluding carboxylic acids is 1. The van der Waals surface area contributed by atoms with Crippen LogP contribution in [0.4, 0.5) is 14.6 Å². The molecule has 1 amide bonds. The standard InChI is InChI=1S/C20H21F2N3O2/c1-27-12-18(26)25-10-14-9-24(20-17(22)6-3-7-23-20)11-16(14)19(25)13-4-2-5-15(21)8-13/h2-8,14,16,19H,9-12H2,1H3/t14-,16-,19+/m1/s1. The largest absolute Gasteiger partial charge is 0.375 e. The summed E-state index contributed by atoms with van der Waals surface area (Å²) in [7, 11) is 1.48. The topological polar surface area (TPSA) is 45.7 Å². The lowest BCUT2D eigenvalue weighted by Gasteiger charge is -2.30. The Labute approximate surface area is 156 Å². The zero-order chi connectivity index (χ0) is 19.0. The van der Waals surface area contributed by atoms with Gasteiger partial charge in [0.2, 0.25) is 5.91 Å². The number of halogens is 2. The van der Waals surface area contributed by atoms with Crippen molar-refractivity contribution in [1.82, 2.24) is 9.88 Å². The first-order valence-electron chi connectivity index (χ1n) is 8.98. The molecule has 2 saturated heterocycles. The van der Waals surface area contributed by atoms with Gasteiger partial charge in [0.15, 0.2) is 11.6 Å². The van der Waals surface area contributed by atoms with Crippen LogP contribution in [0.3, 0.4) is 0 Å². The predicted octanol–water partition coefficient (Wildman–Crippen LogP) is 2.64. The zero-order valence-electron chi connectivity index (χ0n) is 15.0. The summed E-state index contributed by atoms with van der Waals surface area (Å²) >= 11 is 0. The summed E-state index contributed by atoms with van der Waals surface area (Å²) in [5.74, 6) is -0.223. The second-order valence-electron chi connectivity index (χ2n) is 7.12. The Morgan fingerprint density at radius 3 is 2.81 bits per heavy atom. The highest BCUT2D eigenvalue weighted by Gasteiger charge is 2.49. The molecule has 5 nitrogen and oxygen atoms in total. The van der Waals surface area contributed by atoms with E-state index < -0.39 is 0 Å². The quantitative estimate of drug-likeness (QED) is 0.827. The number of aromatic nitrogens is 1. The Morgan fingerprint density at radius 1 is 1.22 bits per heavy atom. The summed E-state index contributed by atoms with van der Waals surface area (Å²) in [5.41, 5.74) is 0.760. The third kappa shape index (κ3) is 3.27. The molecule has 27 heavy (non-hydrogen) atoms. The smallest absolute Gasteiger partial charge is 0.249 e. The number of ether oxygens (including phenoxy) is 1. The van der Waals surface area contributed by atoms with Crippen LogP contribution in [-0.4, -0.2) is 49.1 Å². The Balaban J connectivity index is 1.65. The van der Waals surface area contributed by atoms with Gasteiger partial charge in [-0.25, -0.2) is 13.8 Å². The summed E-state index contributed by atoms with van der Waals surface area (Å²) in [6, 6.07) is 9.07. The Morgan fingerprint density at radius 2 is 2.07 bits per heavy atom. The molecule has 3 heterocycles. The van der Waals surface area contributed by atoms with Gasteiger partial charge in [-0.05, 0) is 29.8 Å². The van der Waals surface area contributed by atoms with E-state index in [1.165, 1.54) is 25.3 Å². The Hall–Kier alpha value is -2.54. The van der Waals surface area contributed by atoms with Crippen molar-refractivity contribution < 1.29 is 18.3 Å². The van der Waals surface area contributed by atoms with Gasteiger partial charge in [0.1, 0.15) is 12.4 Å². The Kier molecular flexibility index (Phi) is 4.78. The first-order valence-corrected chi connectivity index (χ1v) is 8.98. The lowest BCUT2D eigenvalue weighted by atomic mass is 9.89. The second-order valence-corrected chi connectivity index (χ2v) is 7.12. The average molecular weight is 373 g/mol. The third-order valence-corrected chi connectivity index (χ3v) is 5.48. The number of likely N-dealkylation sites (tertiary alicyclic amines) is 1. The van der Waals surface area contributed by atoms with Gasteiger partial charge in [0, 0.05) is 44.8 Å². The van der Waals surface area contributed by atoms with Gasteiger partial charge in [0.25, 0.3) is 0 Å². The zero-order valence-corrected chi connectivity index (χ0v) is 15.0. The molecular formula is C20H21F2N3O2. The molecule has 2 aliphatic rings. The van der Waals surface area contributed by atoms with Gasteiger partial charge in [-0.3, -0.25) is 4.79 Å². The van der Waals surface area contributed by atoms with Crippen molar-refractivity contribution in [2.45, 2.75) is 6.04 Å². The molecule has 1 aromatic carbocycles. The van der Waals surface area contributed by atoms with E-state index in [1.807, 2.05) is 11.0 Å². The number of methoxy groups -OCH3 is 1. The van der Waals surface area contributed by atoms with Gasteiger partial charge >= 0.3 is 0 Å². The van der Waals surface area contributed by atoms with Crippen LogP contribution in [0.15, 0.2) is 42.6 Å². The first-order chi connectivity index (χ1) is 13.1. The molecule has 0 spiro atoms. The van der Waals surface area contributed by atoms with Crippen LogP contribution in [0.25, 0.3) is 0 Å². The Bertz CT molecular complexity index is 847. The van der Waals surface area contributed by atoms with E-state index in [4.69, 9.17) is 4.74 Å². The molecule has 0 unspecified atom stereocenters. The average Bonchev–Trinajstić information content (AvgIpc) is 3.20. The lowest BCUT2D eigenvalue weighted by Crippen LogP contribution is -2.37. The van der Waals surface area contributed by atoms with Crippen molar-refractivity contribution in [3.05, 3.63) is 59.8 Å². The highest BCUT2D eigenvalue weighted by atomic mass is 19.1. The summed E-state index contributed by atoms with van der Waals surface area (Å²) in [6.07, 6.45) is 1.57. The number of fused-ring (bicyclic) bond motifs is 1. The SMILES string of the molecule is COCC(=O)N1C[C@H]2CN(c3ncccc3F)C[C@H]2[C@@H]1c1cccc(F)c1. The number of rotatable bonds is 4. The number of nitrogens with zero attached hydrogens (tertiary/aromatic N) is 3. The van der Waals surface area contributed by atoms with E-state index in [0.717, 1.165) is 5.56 Å². The third-order valence-electron chi connectivity index (χ3n) is 5.48. The molecule has 1 aromatic heterocycles. The van der Waals surface area contributed by atoms with E-state index in [2.05, 4.69) is 4.98 Å². The van der Waals surface area contributed by atoms with Crippen molar-refractivity contribution in [2.75, 3.05) is 38.3 Å². The normalized spacial score (nSPS) is 24.3. The molecule has 0 aliphatic carbocycles. The minimum Gasteiger partial charge on any atom is -0.375 e. The minimum atomic E-state index is -0.355. The van der Waals surface area contributed by atoms with E-state index in [0.29, 0.717) is 25.5 Å². The van der Waals surface area contributed by atoms with Gasteiger partial charge in [-0.1, -0.05) is 12.1 Å². The molecular weight excluding hydrogens is 352 g/mol. The fraction of sp³-hybridized carbons (Fsp3) is 0.400. The maximum Gasteiger partial charge on any atom is 0.249 e. The van der Waals surface area contributed by atoms with Crippen LogP contribution in [0.1, 0.15) is 11.6 Å². The van der Waals surface area contributed by atoms with Gasteiger partial charge in [-0.2, -0.15) is 0 Å². The molecule has 0 bridgehead atoms. The van der Waals surface area contributed by atoms with E-state index in [9.17, 15) is 13.6 Å². The number of hydrogen-bond acceptors (Lipinski definition) is 4. The van der Waals surface area contributed by atoms with E-state index in [1.54, 1.807) is 23.2 Å². The summed E-state index contributed by atoms with van der Waals surface area (Å²) in [5, 5.41) is 0. The highest BCUT2D eigenvalue weighted by molar-refractivity contribution is 5.78. The molecule has 7 heteroatoms. The predicted molar refractivity (Wildman–Crippen MR) is 96.1 cm³/mol. The van der Waals surface area contributed by atoms with Crippen LogP contribution in [0.2, 0.25) is 0 Å². The molecule has 2 aromatic rings. The fourth-order valence-corrected chi connectivity index (χ4v) is 4.41. The number of hydrogen-bond donors (Lipinski definition) is 0. The van der Waals surface area contributed by atoms with E-state index >= 15 is 0 Å². The number of anilines is 1. The molecule has 0 N–H and O–H groups in total. The van der Waals surface area contributed by atoms with Gasteiger partial charge in [0.05, 0.1) is 6.04 Å². The number of carbonyl (C=O) groups is 1. The van der Waals surface area contributed by atoms with Crippen LogP contribution in [-0.2, 0) is 9.53 Å². The summed E-state index contributed by atoms with van der Waals surface area (Å²) in [6.45, 7) is 1.71. The highest BCUT2D eigenvalue weighted by Crippen LogP contribution is 2.46. The van der Waals surface area contributed by atoms with Crippen molar-refractivity contribution in [1.29, 1.82) is 0 Å². The molecule has 142 valence electrons. The van der Waals surface area contributed by atoms with Gasteiger partial charge in [-0.15, -0.1) is 0 Å². The van der Waals surface area contributed by atoms with Crippen LogP contribution in [0, 0.1) is 23.5 Å². The summed E-state index contributed by atoms with van der Waals surface area (Å²) < 4.78 is 33.0. The molecule has 3 atom stereocenters. The second kappa shape index (κ2) is 7.23. The number of benzene rings is 1. The maximum absolute atomic E-state index is 14.2. The van der Waals surface area contributed by atoms with Crippen molar-refractivity contribution >= 4 is 11.7 Å². The maximum atomic E-state index is 14.2. The molecule has 2 aliphatic heterocycles. The van der Waals surface area contributed by atoms with Crippen molar-refractivity contribution in [3.8, 4) is 0 Å². The summed E-state index contributed by atoms with van der Waals surface area (Å²) in [4.78, 5) is 20.4. The van der Waals surface area contributed by atoms with Crippen molar-refractivity contribution in [3.63, 3.8) is 0 Å². The monoisotopic (exact) mass is 373 g/mol. The lowest BCUT2D eigenvalue weighted by molar-refractivity contribution is -0.136. The number of amides is 1. The van der Waals surface area contributed by atoms with Crippen LogP contribution in [0.5, 0.6) is 0 Å². The molecule has 4 rings (SSSR count). The molecule has 0 saturated carbocycles. The van der Waals surface area contributed by atoms with Gasteiger partial charge < -0.3 is 14.5 Å². The van der Waals surface area contributed by atoms with Crippen molar-refractivity contribution in [2.24, 2.45) is 11.8 Å². The minimum absolute atomic E-state index is 0.0101. The molecule has 0 radical (unpaired) electrons. The number of pyridine rings is 1.